The van der Waals surface area contributed by atoms with Gasteiger partial charge in [-0.25, -0.2) is 4.79 Å². The van der Waals surface area contributed by atoms with Crippen LogP contribution < -0.4 is 14.8 Å². The first kappa shape index (κ1) is 19.2. The van der Waals surface area contributed by atoms with Crippen molar-refractivity contribution in [3.8, 4) is 11.5 Å². The van der Waals surface area contributed by atoms with Gasteiger partial charge in [0.2, 0.25) is 0 Å². The quantitative estimate of drug-likeness (QED) is 0.663. The molecule has 0 bridgehead atoms. The van der Waals surface area contributed by atoms with Gasteiger partial charge in [0.05, 0.1) is 28.8 Å². The van der Waals surface area contributed by atoms with Gasteiger partial charge in [0, 0.05) is 12.2 Å². The molecule has 2 N–H and O–H groups in total. The van der Waals surface area contributed by atoms with Gasteiger partial charge in [-0.2, -0.15) is 0 Å². The van der Waals surface area contributed by atoms with Gasteiger partial charge in [0.1, 0.15) is 0 Å². The molecule has 25 heavy (non-hydrogen) atoms. The predicted molar refractivity (Wildman–Crippen MR) is 99.5 cm³/mol. The van der Waals surface area contributed by atoms with Crippen molar-refractivity contribution in [1.29, 1.82) is 0 Å². The zero-order valence-electron chi connectivity index (χ0n) is 13.9. The largest absolute Gasteiger partial charge is 0.490 e. The molecule has 134 valence electrons. The molecule has 0 aromatic heterocycles. The smallest absolute Gasteiger partial charge is 0.337 e. The monoisotopic (exact) mass is 383 g/mol. The maximum absolute atomic E-state index is 11.1. The molecular weight excluding hydrogens is 365 g/mol. The van der Waals surface area contributed by atoms with Gasteiger partial charge in [-0.05, 0) is 49.7 Å². The SMILES string of the molecule is CCOc1cc(CNc2ccc(Cl)c(C(=O)O)c2)cc(Cl)c1OCC. The Labute approximate surface area is 156 Å². The maximum atomic E-state index is 11.1. The van der Waals surface area contributed by atoms with Crippen molar-refractivity contribution in [3.05, 3.63) is 51.5 Å². The molecule has 0 saturated carbocycles. The van der Waals surface area contributed by atoms with Crippen molar-refractivity contribution in [2.24, 2.45) is 0 Å². The van der Waals surface area contributed by atoms with E-state index in [9.17, 15) is 4.79 Å². The number of benzene rings is 2. The van der Waals surface area contributed by atoms with Gasteiger partial charge in [-0.3, -0.25) is 0 Å². The number of carbonyl (C=O) groups is 1. The molecule has 2 aromatic carbocycles. The highest BCUT2D eigenvalue weighted by Crippen LogP contribution is 2.37. The summed E-state index contributed by atoms with van der Waals surface area (Å²) in [5.41, 5.74) is 1.57. The van der Waals surface area contributed by atoms with Crippen molar-refractivity contribution < 1.29 is 19.4 Å². The summed E-state index contributed by atoms with van der Waals surface area (Å²) < 4.78 is 11.1. The molecule has 0 radical (unpaired) electrons. The zero-order valence-corrected chi connectivity index (χ0v) is 15.4. The van der Waals surface area contributed by atoms with Crippen LogP contribution in [-0.4, -0.2) is 24.3 Å². The summed E-state index contributed by atoms with van der Waals surface area (Å²) in [6.45, 7) is 5.18. The van der Waals surface area contributed by atoms with Crippen molar-refractivity contribution in [2.75, 3.05) is 18.5 Å². The lowest BCUT2D eigenvalue weighted by atomic mass is 10.1. The summed E-state index contributed by atoms with van der Waals surface area (Å²) in [7, 11) is 0. The highest BCUT2D eigenvalue weighted by Gasteiger charge is 2.13. The maximum Gasteiger partial charge on any atom is 0.337 e. The van der Waals surface area contributed by atoms with Gasteiger partial charge in [0.15, 0.2) is 11.5 Å². The number of carboxylic acid groups (broad SMARTS) is 1. The number of carboxylic acids is 1. The van der Waals surface area contributed by atoms with Crippen LogP contribution in [0.3, 0.4) is 0 Å². The summed E-state index contributed by atoms with van der Waals surface area (Å²) in [6, 6.07) is 8.39. The van der Waals surface area contributed by atoms with Gasteiger partial charge in [-0.1, -0.05) is 23.2 Å². The minimum Gasteiger partial charge on any atom is -0.490 e. The molecule has 0 atom stereocenters. The Balaban J connectivity index is 2.20. The van der Waals surface area contributed by atoms with E-state index >= 15 is 0 Å². The summed E-state index contributed by atoms with van der Waals surface area (Å²) >= 11 is 12.2. The second-order valence-electron chi connectivity index (χ2n) is 5.12. The first-order valence-corrected chi connectivity index (χ1v) is 8.56. The molecule has 0 fully saturated rings. The molecular formula is C18H19Cl2NO4. The normalized spacial score (nSPS) is 10.4. The number of hydrogen-bond acceptors (Lipinski definition) is 4. The number of hydrogen-bond donors (Lipinski definition) is 2. The van der Waals surface area contributed by atoms with Gasteiger partial charge < -0.3 is 19.9 Å². The molecule has 0 aliphatic rings. The zero-order chi connectivity index (χ0) is 18.4. The lowest BCUT2D eigenvalue weighted by Crippen LogP contribution is -2.04. The van der Waals surface area contributed by atoms with Crippen LogP contribution in [0.4, 0.5) is 5.69 Å². The molecule has 0 amide bonds. The Morgan fingerprint density at radius 2 is 1.80 bits per heavy atom. The third-order valence-corrected chi connectivity index (χ3v) is 3.96. The fourth-order valence-electron chi connectivity index (χ4n) is 2.27. The van der Waals surface area contributed by atoms with E-state index in [4.69, 9.17) is 37.8 Å². The van der Waals surface area contributed by atoms with Crippen molar-refractivity contribution in [3.63, 3.8) is 0 Å². The van der Waals surface area contributed by atoms with E-state index in [0.717, 1.165) is 5.56 Å². The van der Waals surface area contributed by atoms with Crippen molar-refractivity contribution >= 4 is 34.9 Å². The van der Waals surface area contributed by atoms with E-state index in [1.165, 1.54) is 6.07 Å². The van der Waals surface area contributed by atoms with Crippen LogP contribution in [0.5, 0.6) is 11.5 Å². The number of halogens is 2. The van der Waals surface area contributed by atoms with E-state index in [1.54, 1.807) is 18.2 Å². The van der Waals surface area contributed by atoms with E-state index < -0.39 is 5.97 Å². The second kappa shape index (κ2) is 8.83. The Hall–Kier alpha value is -2.11. The van der Waals surface area contributed by atoms with E-state index in [2.05, 4.69) is 5.32 Å². The Kier molecular flexibility index (Phi) is 6.79. The Morgan fingerprint density at radius 1 is 1.08 bits per heavy atom. The van der Waals surface area contributed by atoms with Crippen LogP contribution in [0.2, 0.25) is 10.0 Å². The van der Waals surface area contributed by atoms with E-state index in [1.807, 2.05) is 19.9 Å². The highest BCUT2D eigenvalue weighted by atomic mass is 35.5. The van der Waals surface area contributed by atoms with Gasteiger partial charge in [-0.15, -0.1) is 0 Å². The average molecular weight is 384 g/mol. The first-order chi connectivity index (χ1) is 12.0. The summed E-state index contributed by atoms with van der Waals surface area (Å²) in [5, 5.41) is 12.9. The molecule has 0 spiro atoms. The van der Waals surface area contributed by atoms with Crippen LogP contribution >= 0.6 is 23.2 Å². The molecule has 7 heteroatoms. The molecule has 0 aliphatic heterocycles. The summed E-state index contributed by atoms with van der Waals surface area (Å²) in [5.74, 6) is 0.0294. The van der Waals surface area contributed by atoms with Gasteiger partial charge >= 0.3 is 5.97 Å². The fourth-order valence-corrected chi connectivity index (χ4v) is 2.76. The lowest BCUT2D eigenvalue weighted by molar-refractivity contribution is 0.0697. The van der Waals surface area contributed by atoms with Crippen LogP contribution in [0, 0.1) is 0 Å². The molecule has 0 heterocycles. The van der Waals surface area contributed by atoms with Crippen molar-refractivity contribution in [2.45, 2.75) is 20.4 Å². The number of anilines is 1. The molecule has 2 aromatic rings. The summed E-state index contributed by atoms with van der Waals surface area (Å²) in [6.07, 6.45) is 0. The number of nitrogens with one attached hydrogen (secondary N) is 1. The molecule has 2 rings (SSSR count). The van der Waals surface area contributed by atoms with Crippen LogP contribution in [0.25, 0.3) is 0 Å². The number of ether oxygens (including phenoxy) is 2. The van der Waals surface area contributed by atoms with Crippen LogP contribution in [0.1, 0.15) is 29.8 Å². The third kappa shape index (κ3) is 4.94. The minimum atomic E-state index is -1.07. The van der Waals surface area contributed by atoms with Crippen LogP contribution in [0.15, 0.2) is 30.3 Å². The topological polar surface area (TPSA) is 67.8 Å². The standard InChI is InChI=1S/C18H19Cl2NO4/c1-3-24-16-8-11(7-15(20)17(16)25-4-2)10-21-12-5-6-14(19)13(9-12)18(22)23/h5-9,21H,3-4,10H2,1-2H3,(H,22,23). The van der Waals surface area contributed by atoms with Crippen LogP contribution in [-0.2, 0) is 6.54 Å². The second-order valence-corrected chi connectivity index (χ2v) is 5.94. The Bertz CT molecular complexity index is 765. The fraction of sp³-hybridized carbons (Fsp3) is 0.278. The lowest BCUT2D eigenvalue weighted by Gasteiger charge is -2.15. The predicted octanol–water partition coefficient (Wildman–Crippen LogP) is 5.10. The highest BCUT2D eigenvalue weighted by molar-refractivity contribution is 6.33. The first-order valence-electron chi connectivity index (χ1n) is 7.81. The average Bonchev–Trinajstić information content (AvgIpc) is 2.57. The van der Waals surface area contributed by atoms with Crippen molar-refractivity contribution in [1.82, 2.24) is 0 Å². The van der Waals surface area contributed by atoms with E-state index in [0.29, 0.717) is 42.0 Å². The molecule has 0 saturated heterocycles. The van der Waals surface area contributed by atoms with E-state index in [-0.39, 0.29) is 10.6 Å². The Morgan fingerprint density at radius 3 is 2.44 bits per heavy atom. The minimum absolute atomic E-state index is 0.0476. The number of aromatic carboxylic acids is 1. The molecule has 5 nitrogen and oxygen atoms in total. The summed E-state index contributed by atoms with van der Waals surface area (Å²) in [4.78, 5) is 11.1. The molecule has 0 aliphatic carbocycles. The van der Waals surface area contributed by atoms with Gasteiger partial charge in [0.25, 0.3) is 0 Å². The number of rotatable bonds is 8. The molecule has 0 unspecified atom stereocenters. The third-order valence-electron chi connectivity index (χ3n) is 3.35.